The summed E-state index contributed by atoms with van der Waals surface area (Å²) in [7, 11) is 0. The van der Waals surface area contributed by atoms with Crippen molar-refractivity contribution in [3.8, 4) is 11.8 Å². The fourth-order valence-electron chi connectivity index (χ4n) is 1.05. The van der Waals surface area contributed by atoms with E-state index in [0.29, 0.717) is 5.92 Å². The molecule has 1 aliphatic rings. The number of hydrogen-bond donors (Lipinski definition) is 1. The quantitative estimate of drug-likeness (QED) is 0.549. The smallest absolute Gasteiger partial charge is 0.382 e. The highest BCUT2D eigenvalue weighted by molar-refractivity contribution is 5.87. The lowest BCUT2D eigenvalue weighted by molar-refractivity contribution is -0.130. The van der Waals surface area contributed by atoms with E-state index in [4.69, 9.17) is 5.11 Å². The Morgan fingerprint density at radius 2 is 2.50 bits per heavy atom. The van der Waals surface area contributed by atoms with Gasteiger partial charge in [0.15, 0.2) is 0 Å². The first-order valence-electron chi connectivity index (χ1n) is 3.82. The van der Waals surface area contributed by atoms with Crippen LogP contribution in [0.25, 0.3) is 0 Å². The van der Waals surface area contributed by atoms with Crippen molar-refractivity contribution in [3.63, 3.8) is 0 Å². The van der Waals surface area contributed by atoms with Crippen LogP contribution < -0.4 is 0 Å². The Kier molecular flexibility index (Phi) is 2.71. The Morgan fingerprint density at radius 3 is 3.08 bits per heavy atom. The van der Waals surface area contributed by atoms with Gasteiger partial charge in [0.25, 0.3) is 0 Å². The van der Waals surface area contributed by atoms with Crippen molar-refractivity contribution in [2.75, 3.05) is 0 Å². The number of rotatable bonds is 0. The summed E-state index contributed by atoms with van der Waals surface area (Å²) in [6.45, 7) is 2.08. The standard InChI is InChI=1S/C10H10O2/c1-8-3-2-4-9(7-8)5-6-10(11)12/h2,4,7-8H,3H2,1H3,(H,11,12). The number of carboxylic acids is 1. The molecule has 12 heavy (non-hydrogen) atoms. The maximum absolute atomic E-state index is 10.1. The van der Waals surface area contributed by atoms with Crippen LogP contribution in [-0.2, 0) is 4.79 Å². The van der Waals surface area contributed by atoms with Crippen molar-refractivity contribution >= 4 is 5.97 Å². The zero-order valence-electron chi connectivity index (χ0n) is 6.87. The van der Waals surface area contributed by atoms with Gasteiger partial charge in [-0.1, -0.05) is 31.1 Å². The molecular weight excluding hydrogens is 152 g/mol. The second kappa shape index (κ2) is 3.77. The number of aliphatic carboxylic acids is 1. The average Bonchev–Trinajstić information content (AvgIpc) is 2.01. The predicted octanol–water partition coefficient (Wildman–Crippen LogP) is 1.60. The zero-order valence-corrected chi connectivity index (χ0v) is 6.87. The van der Waals surface area contributed by atoms with E-state index in [-0.39, 0.29) is 0 Å². The molecule has 0 saturated heterocycles. The van der Waals surface area contributed by atoms with Gasteiger partial charge in [-0.15, -0.1) is 0 Å². The van der Waals surface area contributed by atoms with Gasteiger partial charge >= 0.3 is 5.97 Å². The number of hydrogen-bond acceptors (Lipinski definition) is 1. The third kappa shape index (κ3) is 2.63. The topological polar surface area (TPSA) is 37.3 Å². The number of allylic oxidation sites excluding steroid dienone is 4. The van der Waals surface area contributed by atoms with Crippen LogP contribution in [0.15, 0.2) is 23.8 Å². The summed E-state index contributed by atoms with van der Waals surface area (Å²) in [6.07, 6.45) is 6.86. The second-order valence-electron chi connectivity index (χ2n) is 2.79. The third-order valence-corrected chi connectivity index (χ3v) is 1.58. The Hall–Kier alpha value is -1.49. The molecule has 0 radical (unpaired) electrons. The lowest BCUT2D eigenvalue weighted by Gasteiger charge is -2.06. The zero-order chi connectivity index (χ0) is 8.97. The van der Waals surface area contributed by atoms with Crippen molar-refractivity contribution in [2.45, 2.75) is 13.3 Å². The van der Waals surface area contributed by atoms with E-state index in [1.807, 2.05) is 18.2 Å². The summed E-state index contributed by atoms with van der Waals surface area (Å²) in [5, 5.41) is 8.29. The molecule has 0 aromatic rings. The molecule has 1 N–H and O–H groups in total. The van der Waals surface area contributed by atoms with Crippen LogP contribution in [0.1, 0.15) is 13.3 Å². The van der Waals surface area contributed by atoms with Crippen LogP contribution in [0.2, 0.25) is 0 Å². The summed E-state index contributed by atoms with van der Waals surface area (Å²) < 4.78 is 0. The molecule has 62 valence electrons. The number of carboxylic acid groups (broad SMARTS) is 1. The van der Waals surface area contributed by atoms with Crippen molar-refractivity contribution < 1.29 is 9.90 Å². The Bertz CT molecular complexity index is 300. The number of carbonyl (C=O) groups is 1. The normalized spacial score (nSPS) is 20.8. The first kappa shape index (κ1) is 8.61. The van der Waals surface area contributed by atoms with E-state index in [9.17, 15) is 4.79 Å². The van der Waals surface area contributed by atoms with E-state index in [0.717, 1.165) is 12.0 Å². The highest BCUT2D eigenvalue weighted by Gasteiger charge is 2.01. The molecule has 0 spiro atoms. The van der Waals surface area contributed by atoms with Gasteiger partial charge < -0.3 is 5.11 Å². The molecule has 1 aliphatic carbocycles. The minimum absolute atomic E-state index is 0.466. The summed E-state index contributed by atoms with van der Waals surface area (Å²) in [4.78, 5) is 10.1. The first-order valence-corrected chi connectivity index (χ1v) is 3.82. The van der Waals surface area contributed by atoms with Gasteiger partial charge in [-0.2, -0.15) is 0 Å². The van der Waals surface area contributed by atoms with Gasteiger partial charge in [0.1, 0.15) is 0 Å². The molecule has 1 unspecified atom stereocenters. The van der Waals surface area contributed by atoms with Crippen LogP contribution in [0, 0.1) is 17.8 Å². The summed E-state index contributed by atoms with van der Waals surface area (Å²) in [5.41, 5.74) is 0.802. The van der Waals surface area contributed by atoms with Gasteiger partial charge in [0.05, 0.1) is 0 Å². The largest absolute Gasteiger partial charge is 0.472 e. The Labute approximate surface area is 71.6 Å². The second-order valence-corrected chi connectivity index (χ2v) is 2.79. The molecular formula is C10H10O2. The molecule has 1 rings (SSSR count). The van der Waals surface area contributed by atoms with Gasteiger partial charge in [-0.25, -0.2) is 4.79 Å². The Morgan fingerprint density at radius 1 is 1.75 bits per heavy atom. The molecule has 2 heteroatoms. The summed E-state index contributed by atoms with van der Waals surface area (Å²) >= 11 is 0. The Balaban J connectivity index is 2.72. The van der Waals surface area contributed by atoms with E-state index < -0.39 is 5.97 Å². The van der Waals surface area contributed by atoms with Crippen LogP contribution in [0.5, 0.6) is 0 Å². The van der Waals surface area contributed by atoms with Gasteiger partial charge in [-0.05, 0) is 12.3 Å². The molecule has 0 aromatic carbocycles. The molecule has 0 heterocycles. The van der Waals surface area contributed by atoms with Gasteiger partial charge in [0, 0.05) is 11.5 Å². The van der Waals surface area contributed by atoms with Crippen LogP contribution in [0.3, 0.4) is 0 Å². The minimum Gasteiger partial charge on any atom is -0.472 e. The fraction of sp³-hybridized carbons (Fsp3) is 0.300. The fourth-order valence-corrected chi connectivity index (χ4v) is 1.05. The molecule has 0 saturated carbocycles. The molecule has 2 nitrogen and oxygen atoms in total. The highest BCUT2D eigenvalue weighted by Crippen LogP contribution is 2.14. The van der Waals surface area contributed by atoms with Gasteiger partial charge in [-0.3, -0.25) is 0 Å². The third-order valence-electron chi connectivity index (χ3n) is 1.58. The van der Waals surface area contributed by atoms with Crippen LogP contribution in [0.4, 0.5) is 0 Å². The van der Waals surface area contributed by atoms with Crippen molar-refractivity contribution in [1.82, 2.24) is 0 Å². The minimum atomic E-state index is -1.08. The summed E-state index contributed by atoms with van der Waals surface area (Å²) in [6, 6.07) is 0. The van der Waals surface area contributed by atoms with E-state index in [1.54, 1.807) is 0 Å². The predicted molar refractivity (Wildman–Crippen MR) is 46.4 cm³/mol. The lowest BCUT2D eigenvalue weighted by Crippen LogP contribution is -1.94. The molecule has 0 amide bonds. The van der Waals surface area contributed by atoms with Crippen LogP contribution in [-0.4, -0.2) is 11.1 Å². The van der Waals surface area contributed by atoms with E-state index >= 15 is 0 Å². The molecule has 0 bridgehead atoms. The molecule has 0 aromatic heterocycles. The van der Waals surface area contributed by atoms with Crippen molar-refractivity contribution in [3.05, 3.63) is 23.8 Å². The maximum Gasteiger partial charge on any atom is 0.382 e. The van der Waals surface area contributed by atoms with Crippen molar-refractivity contribution in [1.29, 1.82) is 0 Å². The van der Waals surface area contributed by atoms with E-state index in [2.05, 4.69) is 18.8 Å². The maximum atomic E-state index is 10.1. The van der Waals surface area contributed by atoms with Gasteiger partial charge in [0.2, 0.25) is 0 Å². The van der Waals surface area contributed by atoms with Crippen molar-refractivity contribution in [2.24, 2.45) is 5.92 Å². The van der Waals surface area contributed by atoms with Crippen LogP contribution >= 0.6 is 0 Å². The summed E-state index contributed by atoms with van der Waals surface area (Å²) in [5.74, 6) is 4.04. The molecule has 0 fully saturated rings. The average molecular weight is 162 g/mol. The molecule has 0 aliphatic heterocycles. The lowest BCUT2D eigenvalue weighted by atomic mass is 9.98. The first-order chi connectivity index (χ1) is 5.68. The SMILES string of the molecule is CC1C=C(C#CC(=O)O)C=CC1. The monoisotopic (exact) mass is 162 g/mol. The highest BCUT2D eigenvalue weighted by atomic mass is 16.4. The van der Waals surface area contributed by atoms with E-state index in [1.165, 1.54) is 0 Å². The molecule has 1 atom stereocenters.